The van der Waals surface area contributed by atoms with Gasteiger partial charge >= 0.3 is 0 Å². The first-order valence-electron chi connectivity index (χ1n) is 9.08. The van der Waals surface area contributed by atoms with Gasteiger partial charge in [0.25, 0.3) is 5.91 Å². The summed E-state index contributed by atoms with van der Waals surface area (Å²) in [5.74, 6) is -0.129. The van der Waals surface area contributed by atoms with Gasteiger partial charge in [0, 0.05) is 29.8 Å². The SMILES string of the molecule is CNC(=O)c1ccc(Cc2cc([C@H]3CC(O)[C@H](O)[C@@H](C)O3)c(CO)cc2Cl)s1. The van der Waals surface area contributed by atoms with Crippen LogP contribution < -0.4 is 5.32 Å². The van der Waals surface area contributed by atoms with Crippen molar-refractivity contribution in [1.29, 1.82) is 0 Å². The Morgan fingerprint density at radius 1 is 1.32 bits per heavy atom. The van der Waals surface area contributed by atoms with Crippen LogP contribution in [0.3, 0.4) is 0 Å². The molecular weight excluding hydrogens is 402 g/mol. The Hall–Kier alpha value is -1.48. The van der Waals surface area contributed by atoms with Crippen LogP contribution in [0, 0.1) is 0 Å². The minimum absolute atomic E-state index is 0.129. The summed E-state index contributed by atoms with van der Waals surface area (Å²) in [5.41, 5.74) is 2.23. The van der Waals surface area contributed by atoms with Crippen LogP contribution in [0.2, 0.25) is 5.02 Å². The molecule has 6 nitrogen and oxygen atoms in total. The van der Waals surface area contributed by atoms with Gasteiger partial charge in [0.05, 0.1) is 29.8 Å². The molecule has 1 aliphatic rings. The fraction of sp³-hybridized carbons (Fsp3) is 0.450. The maximum absolute atomic E-state index is 11.8. The number of nitrogens with one attached hydrogen (secondary N) is 1. The highest BCUT2D eigenvalue weighted by Gasteiger charge is 2.35. The minimum Gasteiger partial charge on any atom is -0.392 e. The summed E-state index contributed by atoms with van der Waals surface area (Å²) >= 11 is 7.83. The highest BCUT2D eigenvalue weighted by molar-refractivity contribution is 7.14. The number of hydrogen-bond donors (Lipinski definition) is 4. The number of hydrogen-bond acceptors (Lipinski definition) is 6. The standard InChI is InChI=1S/C20H24ClNO5S/c1-10-19(25)16(24)8-17(27-10)14-6-11(15(21)7-12(14)9-23)5-13-3-4-18(28-13)20(26)22-2/h3-4,6-7,10,16-17,19,23-25H,5,8-9H2,1-2H3,(H,22,26)/t10-,16?,17-,19-/m1/s1. The van der Waals surface area contributed by atoms with Gasteiger partial charge < -0.3 is 25.4 Å². The third-order valence-electron chi connectivity index (χ3n) is 5.01. The van der Waals surface area contributed by atoms with E-state index in [1.54, 1.807) is 26.1 Å². The summed E-state index contributed by atoms with van der Waals surface area (Å²) in [7, 11) is 1.59. The van der Waals surface area contributed by atoms with Gasteiger partial charge in [-0.2, -0.15) is 0 Å². The van der Waals surface area contributed by atoms with E-state index in [1.165, 1.54) is 11.3 Å². The van der Waals surface area contributed by atoms with Crippen LogP contribution in [0.1, 0.15) is 50.7 Å². The number of aliphatic hydroxyl groups excluding tert-OH is 3. The molecule has 2 heterocycles. The Morgan fingerprint density at radius 2 is 2.07 bits per heavy atom. The van der Waals surface area contributed by atoms with Crippen molar-refractivity contribution in [3.63, 3.8) is 0 Å². The molecule has 0 bridgehead atoms. The molecular formula is C20H24ClNO5S. The number of carbonyl (C=O) groups is 1. The lowest BCUT2D eigenvalue weighted by molar-refractivity contribution is -0.163. The summed E-state index contributed by atoms with van der Waals surface area (Å²) in [4.78, 5) is 13.4. The predicted octanol–water partition coefficient (Wildman–Crippen LogP) is 2.42. The van der Waals surface area contributed by atoms with Crippen molar-refractivity contribution in [1.82, 2.24) is 5.32 Å². The molecule has 1 unspecified atom stereocenters. The predicted molar refractivity (Wildman–Crippen MR) is 108 cm³/mol. The second-order valence-corrected chi connectivity index (χ2v) is 8.52. The number of carbonyl (C=O) groups excluding carboxylic acids is 1. The quantitative estimate of drug-likeness (QED) is 0.589. The smallest absolute Gasteiger partial charge is 0.261 e. The molecule has 1 aromatic heterocycles. The minimum atomic E-state index is -0.935. The summed E-state index contributed by atoms with van der Waals surface area (Å²) in [6.07, 6.45) is -2.03. The highest BCUT2D eigenvalue weighted by Crippen LogP contribution is 2.36. The fourth-order valence-corrected chi connectivity index (χ4v) is 4.65. The van der Waals surface area contributed by atoms with Gasteiger partial charge in [-0.1, -0.05) is 17.7 Å². The van der Waals surface area contributed by atoms with Gasteiger partial charge in [-0.15, -0.1) is 11.3 Å². The molecule has 1 saturated heterocycles. The fourth-order valence-electron chi connectivity index (χ4n) is 3.42. The van der Waals surface area contributed by atoms with Crippen molar-refractivity contribution in [2.45, 2.75) is 50.8 Å². The molecule has 0 spiro atoms. The van der Waals surface area contributed by atoms with E-state index < -0.39 is 24.4 Å². The second-order valence-electron chi connectivity index (χ2n) is 6.95. The molecule has 3 rings (SSSR count). The number of ether oxygens (including phenoxy) is 1. The largest absolute Gasteiger partial charge is 0.392 e. The molecule has 2 aromatic rings. The van der Waals surface area contributed by atoms with Gasteiger partial charge in [-0.3, -0.25) is 4.79 Å². The molecule has 152 valence electrons. The van der Waals surface area contributed by atoms with Gasteiger partial charge in [0.1, 0.15) is 6.10 Å². The zero-order chi connectivity index (χ0) is 20.4. The van der Waals surface area contributed by atoms with Crippen LogP contribution in [-0.2, 0) is 17.8 Å². The van der Waals surface area contributed by atoms with Gasteiger partial charge in [-0.25, -0.2) is 0 Å². The number of benzene rings is 1. The number of rotatable bonds is 5. The monoisotopic (exact) mass is 425 g/mol. The average Bonchev–Trinajstić information content (AvgIpc) is 3.14. The van der Waals surface area contributed by atoms with Crippen molar-refractivity contribution in [2.24, 2.45) is 0 Å². The number of aliphatic hydroxyl groups is 3. The third kappa shape index (κ3) is 4.40. The van der Waals surface area contributed by atoms with E-state index in [1.807, 2.05) is 12.1 Å². The first kappa shape index (κ1) is 21.2. The third-order valence-corrected chi connectivity index (χ3v) is 6.45. The lowest BCUT2D eigenvalue weighted by Gasteiger charge is -2.36. The molecule has 0 saturated carbocycles. The van der Waals surface area contributed by atoms with Crippen LogP contribution in [0.15, 0.2) is 24.3 Å². The molecule has 1 aromatic carbocycles. The molecule has 0 aliphatic carbocycles. The lowest BCUT2D eigenvalue weighted by atomic mass is 9.90. The molecule has 1 fully saturated rings. The van der Waals surface area contributed by atoms with Crippen molar-refractivity contribution in [3.05, 3.63) is 55.7 Å². The molecule has 0 radical (unpaired) electrons. The molecule has 1 aliphatic heterocycles. The first-order valence-corrected chi connectivity index (χ1v) is 10.3. The average molecular weight is 426 g/mol. The van der Waals surface area contributed by atoms with E-state index in [-0.39, 0.29) is 18.9 Å². The maximum atomic E-state index is 11.8. The second kappa shape index (κ2) is 8.90. The number of halogens is 1. The molecule has 8 heteroatoms. The topological polar surface area (TPSA) is 99.0 Å². The van der Waals surface area contributed by atoms with Crippen molar-refractivity contribution in [3.8, 4) is 0 Å². The van der Waals surface area contributed by atoms with Gasteiger partial charge in [0.15, 0.2) is 0 Å². The van der Waals surface area contributed by atoms with E-state index in [4.69, 9.17) is 16.3 Å². The maximum Gasteiger partial charge on any atom is 0.261 e. The summed E-state index contributed by atoms with van der Waals surface area (Å²) in [6, 6.07) is 7.27. The highest BCUT2D eigenvalue weighted by atomic mass is 35.5. The van der Waals surface area contributed by atoms with Crippen molar-refractivity contribution >= 4 is 28.8 Å². The Bertz CT molecular complexity index is 843. The van der Waals surface area contributed by atoms with Crippen LogP contribution in [0.25, 0.3) is 0 Å². The van der Waals surface area contributed by atoms with Crippen molar-refractivity contribution < 1.29 is 24.9 Å². The first-order chi connectivity index (χ1) is 13.3. The van der Waals surface area contributed by atoms with Crippen molar-refractivity contribution in [2.75, 3.05) is 7.05 Å². The zero-order valence-electron chi connectivity index (χ0n) is 15.7. The molecule has 28 heavy (non-hydrogen) atoms. The molecule has 4 atom stereocenters. The van der Waals surface area contributed by atoms with E-state index in [9.17, 15) is 20.1 Å². The Balaban J connectivity index is 1.90. The van der Waals surface area contributed by atoms with E-state index in [0.29, 0.717) is 21.9 Å². The molecule has 4 N–H and O–H groups in total. The van der Waals surface area contributed by atoms with Crippen LogP contribution in [0.4, 0.5) is 0 Å². The van der Waals surface area contributed by atoms with E-state index in [0.717, 1.165) is 16.0 Å². The number of thiophene rings is 1. The van der Waals surface area contributed by atoms with Crippen LogP contribution in [-0.4, -0.2) is 46.6 Å². The van der Waals surface area contributed by atoms with Crippen LogP contribution in [0.5, 0.6) is 0 Å². The summed E-state index contributed by atoms with van der Waals surface area (Å²) < 4.78 is 5.88. The summed E-state index contributed by atoms with van der Waals surface area (Å²) in [5, 5.41) is 32.9. The lowest BCUT2D eigenvalue weighted by Crippen LogP contribution is -2.44. The number of amides is 1. The Morgan fingerprint density at radius 3 is 2.71 bits per heavy atom. The van der Waals surface area contributed by atoms with Gasteiger partial charge in [0.2, 0.25) is 0 Å². The zero-order valence-corrected chi connectivity index (χ0v) is 17.3. The normalized spacial score (nSPS) is 24.9. The molecule has 1 amide bonds. The Kier molecular flexibility index (Phi) is 6.75. The van der Waals surface area contributed by atoms with Crippen LogP contribution >= 0.6 is 22.9 Å². The van der Waals surface area contributed by atoms with E-state index in [2.05, 4.69) is 5.32 Å². The van der Waals surface area contributed by atoms with Gasteiger partial charge in [-0.05, 0) is 41.8 Å². The Labute approximate surface area is 172 Å². The van der Waals surface area contributed by atoms with E-state index >= 15 is 0 Å². The summed E-state index contributed by atoms with van der Waals surface area (Å²) in [6.45, 7) is 1.50.